The fourth-order valence-corrected chi connectivity index (χ4v) is 1.74. The van der Waals surface area contributed by atoms with Crippen LogP contribution in [0.5, 0.6) is 0 Å². The van der Waals surface area contributed by atoms with Crippen molar-refractivity contribution >= 4 is 5.91 Å². The lowest BCUT2D eigenvalue weighted by Crippen LogP contribution is -2.32. The second-order valence-electron chi connectivity index (χ2n) is 4.01. The second kappa shape index (κ2) is 5.92. The van der Waals surface area contributed by atoms with Crippen molar-refractivity contribution in [3.8, 4) is 6.07 Å². The SMILES string of the molecule is CC(C)C(C(=O)NCC#N)c1ccccc1. The first-order chi connectivity index (χ1) is 7.66. The van der Waals surface area contributed by atoms with Crippen LogP contribution in [-0.2, 0) is 4.79 Å². The summed E-state index contributed by atoms with van der Waals surface area (Å²) in [4.78, 5) is 11.9. The zero-order valence-corrected chi connectivity index (χ0v) is 9.60. The molecule has 84 valence electrons. The Morgan fingerprint density at radius 3 is 2.50 bits per heavy atom. The number of hydrogen-bond acceptors (Lipinski definition) is 2. The lowest BCUT2D eigenvalue weighted by atomic mass is 9.88. The molecular formula is C13H16N2O. The van der Waals surface area contributed by atoms with Crippen LogP contribution in [-0.4, -0.2) is 12.5 Å². The molecule has 1 aromatic rings. The molecule has 0 aromatic heterocycles. The number of amides is 1. The maximum Gasteiger partial charge on any atom is 0.228 e. The number of carbonyl (C=O) groups excluding carboxylic acids is 1. The lowest BCUT2D eigenvalue weighted by Gasteiger charge is -2.19. The molecule has 16 heavy (non-hydrogen) atoms. The van der Waals surface area contributed by atoms with Crippen LogP contribution in [0.25, 0.3) is 0 Å². The molecule has 0 heterocycles. The molecule has 1 N–H and O–H groups in total. The molecule has 1 aromatic carbocycles. The van der Waals surface area contributed by atoms with Crippen LogP contribution in [0.15, 0.2) is 30.3 Å². The lowest BCUT2D eigenvalue weighted by molar-refractivity contribution is -0.123. The summed E-state index contributed by atoms with van der Waals surface area (Å²) in [6.07, 6.45) is 0. The van der Waals surface area contributed by atoms with E-state index in [1.54, 1.807) is 0 Å². The standard InChI is InChI=1S/C13H16N2O/c1-10(2)12(13(16)15-9-8-14)11-6-4-3-5-7-11/h3-7,10,12H,9H2,1-2H3,(H,15,16). The Kier molecular flexibility index (Phi) is 4.53. The van der Waals surface area contributed by atoms with E-state index in [-0.39, 0.29) is 24.3 Å². The highest BCUT2D eigenvalue weighted by Crippen LogP contribution is 2.24. The Morgan fingerprint density at radius 2 is 2.00 bits per heavy atom. The summed E-state index contributed by atoms with van der Waals surface area (Å²) in [5, 5.41) is 11.1. The quantitative estimate of drug-likeness (QED) is 0.783. The second-order valence-corrected chi connectivity index (χ2v) is 4.01. The van der Waals surface area contributed by atoms with Gasteiger partial charge in [-0.1, -0.05) is 44.2 Å². The summed E-state index contributed by atoms with van der Waals surface area (Å²) < 4.78 is 0. The summed E-state index contributed by atoms with van der Waals surface area (Å²) in [5.41, 5.74) is 0.993. The number of benzene rings is 1. The van der Waals surface area contributed by atoms with Gasteiger partial charge in [0.1, 0.15) is 6.54 Å². The fourth-order valence-electron chi connectivity index (χ4n) is 1.74. The maximum atomic E-state index is 11.9. The number of rotatable bonds is 4. The van der Waals surface area contributed by atoms with E-state index in [4.69, 9.17) is 5.26 Å². The summed E-state index contributed by atoms with van der Waals surface area (Å²) in [7, 11) is 0. The van der Waals surface area contributed by atoms with Gasteiger partial charge in [-0.25, -0.2) is 0 Å². The zero-order chi connectivity index (χ0) is 12.0. The number of carbonyl (C=O) groups is 1. The van der Waals surface area contributed by atoms with Crippen molar-refractivity contribution in [3.05, 3.63) is 35.9 Å². The molecule has 0 fully saturated rings. The van der Waals surface area contributed by atoms with Crippen molar-refractivity contribution in [3.63, 3.8) is 0 Å². The molecule has 0 aliphatic rings. The molecule has 1 amide bonds. The van der Waals surface area contributed by atoms with Gasteiger partial charge in [-0.05, 0) is 11.5 Å². The Bertz CT molecular complexity index is 379. The highest BCUT2D eigenvalue weighted by Gasteiger charge is 2.23. The van der Waals surface area contributed by atoms with E-state index in [1.807, 2.05) is 50.2 Å². The molecule has 3 heteroatoms. The van der Waals surface area contributed by atoms with Crippen LogP contribution in [0.2, 0.25) is 0 Å². The van der Waals surface area contributed by atoms with Crippen molar-refractivity contribution in [1.82, 2.24) is 5.32 Å². The first-order valence-electron chi connectivity index (χ1n) is 5.36. The number of nitrogens with zero attached hydrogens (tertiary/aromatic N) is 1. The van der Waals surface area contributed by atoms with Gasteiger partial charge in [-0.15, -0.1) is 0 Å². The van der Waals surface area contributed by atoms with E-state index in [0.29, 0.717) is 0 Å². The summed E-state index contributed by atoms with van der Waals surface area (Å²) in [6.45, 7) is 4.07. The number of nitriles is 1. The molecule has 0 saturated carbocycles. The van der Waals surface area contributed by atoms with Gasteiger partial charge in [-0.2, -0.15) is 5.26 Å². The third kappa shape index (κ3) is 3.09. The average Bonchev–Trinajstić information content (AvgIpc) is 2.27. The van der Waals surface area contributed by atoms with E-state index in [1.165, 1.54) is 0 Å². The molecule has 0 spiro atoms. The zero-order valence-electron chi connectivity index (χ0n) is 9.60. The molecular weight excluding hydrogens is 200 g/mol. The summed E-state index contributed by atoms with van der Waals surface area (Å²) in [5.74, 6) is -0.0570. The van der Waals surface area contributed by atoms with Crippen LogP contribution < -0.4 is 5.32 Å². The minimum absolute atomic E-state index is 0.0644. The van der Waals surface area contributed by atoms with E-state index in [0.717, 1.165) is 5.56 Å². The van der Waals surface area contributed by atoms with Gasteiger partial charge in [0.2, 0.25) is 5.91 Å². The van der Waals surface area contributed by atoms with Crippen LogP contribution in [0, 0.1) is 17.2 Å². The fraction of sp³-hybridized carbons (Fsp3) is 0.385. The Labute approximate surface area is 96.1 Å². The largest absolute Gasteiger partial charge is 0.342 e. The van der Waals surface area contributed by atoms with Gasteiger partial charge >= 0.3 is 0 Å². The van der Waals surface area contributed by atoms with Crippen molar-refractivity contribution in [2.75, 3.05) is 6.54 Å². The first-order valence-corrected chi connectivity index (χ1v) is 5.36. The topological polar surface area (TPSA) is 52.9 Å². The molecule has 0 bridgehead atoms. The molecule has 0 aliphatic heterocycles. The van der Waals surface area contributed by atoms with Crippen molar-refractivity contribution in [2.24, 2.45) is 5.92 Å². The minimum Gasteiger partial charge on any atom is -0.342 e. The smallest absolute Gasteiger partial charge is 0.228 e. The van der Waals surface area contributed by atoms with Gasteiger partial charge in [-0.3, -0.25) is 4.79 Å². The highest BCUT2D eigenvalue weighted by molar-refractivity contribution is 5.84. The van der Waals surface area contributed by atoms with Crippen molar-refractivity contribution in [2.45, 2.75) is 19.8 Å². The Balaban J connectivity index is 2.84. The molecule has 0 radical (unpaired) electrons. The highest BCUT2D eigenvalue weighted by atomic mass is 16.1. The minimum atomic E-state index is -0.186. The van der Waals surface area contributed by atoms with Gasteiger partial charge in [0, 0.05) is 0 Å². The first kappa shape index (κ1) is 12.3. The van der Waals surface area contributed by atoms with Gasteiger partial charge < -0.3 is 5.32 Å². The van der Waals surface area contributed by atoms with E-state index < -0.39 is 0 Å². The van der Waals surface area contributed by atoms with Crippen LogP contribution in [0.4, 0.5) is 0 Å². The molecule has 1 unspecified atom stereocenters. The third-order valence-electron chi connectivity index (χ3n) is 2.45. The predicted octanol–water partition coefficient (Wildman–Crippen LogP) is 2.07. The third-order valence-corrected chi connectivity index (χ3v) is 2.45. The summed E-state index contributed by atoms with van der Waals surface area (Å²) in [6, 6.07) is 11.6. The van der Waals surface area contributed by atoms with Crippen LogP contribution >= 0.6 is 0 Å². The number of nitrogens with one attached hydrogen (secondary N) is 1. The Hall–Kier alpha value is -1.82. The maximum absolute atomic E-state index is 11.9. The van der Waals surface area contributed by atoms with Crippen LogP contribution in [0.3, 0.4) is 0 Å². The normalized spacial score (nSPS) is 11.9. The van der Waals surface area contributed by atoms with Crippen molar-refractivity contribution < 1.29 is 4.79 Å². The monoisotopic (exact) mass is 216 g/mol. The van der Waals surface area contributed by atoms with E-state index in [2.05, 4.69) is 5.32 Å². The average molecular weight is 216 g/mol. The van der Waals surface area contributed by atoms with Gasteiger partial charge in [0.25, 0.3) is 0 Å². The van der Waals surface area contributed by atoms with E-state index >= 15 is 0 Å². The molecule has 0 aliphatic carbocycles. The number of hydrogen-bond donors (Lipinski definition) is 1. The van der Waals surface area contributed by atoms with Gasteiger partial charge in [0.05, 0.1) is 12.0 Å². The summed E-state index contributed by atoms with van der Waals surface area (Å²) >= 11 is 0. The molecule has 3 nitrogen and oxygen atoms in total. The van der Waals surface area contributed by atoms with Gasteiger partial charge in [0.15, 0.2) is 0 Å². The predicted molar refractivity (Wildman–Crippen MR) is 62.6 cm³/mol. The molecule has 1 atom stereocenters. The molecule has 1 rings (SSSR count). The van der Waals surface area contributed by atoms with E-state index in [9.17, 15) is 4.79 Å². The van der Waals surface area contributed by atoms with Crippen molar-refractivity contribution in [1.29, 1.82) is 5.26 Å². The van der Waals surface area contributed by atoms with Crippen LogP contribution in [0.1, 0.15) is 25.3 Å². The molecule has 0 saturated heterocycles. The Morgan fingerprint density at radius 1 is 1.38 bits per heavy atom.